The third-order valence-electron chi connectivity index (χ3n) is 4.11. The zero-order chi connectivity index (χ0) is 17.9. The van der Waals surface area contributed by atoms with Gasteiger partial charge >= 0.3 is 0 Å². The first-order valence-corrected chi connectivity index (χ1v) is 9.78. The number of nitro benzene ring substituents is 1. The van der Waals surface area contributed by atoms with E-state index in [0.717, 1.165) is 13.1 Å². The van der Waals surface area contributed by atoms with Crippen molar-refractivity contribution in [2.45, 2.75) is 44.0 Å². The third kappa shape index (κ3) is 3.88. The fourth-order valence-corrected chi connectivity index (χ4v) is 5.39. The molecule has 1 aromatic rings. The molecule has 0 unspecified atom stereocenters. The van der Waals surface area contributed by atoms with Crippen LogP contribution in [0.3, 0.4) is 0 Å². The van der Waals surface area contributed by atoms with E-state index in [9.17, 15) is 18.5 Å². The van der Waals surface area contributed by atoms with E-state index in [-0.39, 0.29) is 21.6 Å². The maximum atomic E-state index is 13.2. The molecule has 0 aromatic heterocycles. The van der Waals surface area contributed by atoms with Crippen molar-refractivity contribution in [3.8, 4) is 0 Å². The summed E-state index contributed by atoms with van der Waals surface area (Å²) in [6.07, 6.45) is 2.09. The summed E-state index contributed by atoms with van der Waals surface area (Å²) in [4.78, 5) is 10.3. The molecule has 9 heteroatoms. The van der Waals surface area contributed by atoms with Crippen LogP contribution in [0, 0.1) is 17.0 Å². The van der Waals surface area contributed by atoms with E-state index in [1.807, 2.05) is 6.92 Å². The molecule has 0 saturated carbocycles. The van der Waals surface area contributed by atoms with E-state index in [2.05, 4.69) is 5.32 Å². The molecule has 24 heavy (non-hydrogen) atoms. The van der Waals surface area contributed by atoms with E-state index in [1.165, 1.54) is 16.4 Å². The molecule has 134 valence electrons. The van der Waals surface area contributed by atoms with Crippen molar-refractivity contribution < 1.29 is 13.3 Å². The molecule has 1 aliphatic heterocycles. The van der Waals surface area contributed by atoms with Crippen LogP contribution in [0.2, 0.25) is 5.02 Å². The molecule has 1 fully saturated rings. The second-order valence-corrected chi connectivity index (χ2v) is 8.19. The van der Waals surface area contributed by atoms with Gasteiger partial charge in [0.2, 0.25) is 10.0 Å². The fourth-order valence-electron chi connectivity index (χ4n) is 2.98. The third-order valence-corrected chi connectivity index (χ3v) is 6.59. The lowest BCUT2D eigenvalue weighted by Crippen LogP contribution is -2.46. The average Bonchev–Trinajstić information content (AvgIpc) is 2.54. The Hall–Kier alpha value is -1.22. The van der Waals surface area contributed by atoms with Crippen LogP contribution in [0.5, 0.6) is 0 Å². The quantitative estimate of drug-likeness (QED) is 0.609. The maximum absolute atomic E-state index is 13.2. The number of piperidine rings is 1. The molecule has 0 spiro atoms. The van der Waals surface area contributed by atoms with E-state index in [0.29, 0.717) is 31.4 Å². The first kappa shape index (κ1) is 19.1. The van der Waals surface area contributed by atoms with Gasteiger partial charge in [0.1, 0.15) is 9.92 Å². The minimum absolute atomic E-state index is 0.119. The van der Waals surface area contributed by atoms with Crippen LogP contribution in [0.15, 0.2) is 17.0 Å². The summed E-state index contributed by atoms with van der Waals surface area (Å²) in [5.41, 5.74) is 0.114. The number of hydrogen-bond donors (Lipinski definition) is 1. The number of benzene rings is 1. The molecule has 0 aliphatic carbocycles. The number of nitro groups is 1. The Morgan fingerprint density at radius 1 is 1.38 bits per heavy atom. The Morgan fingerprint density at radius 3 is 2.54 bits per heavy atom. The number of hydrogen-bond acceptors (Lipinski definition) is 5. The van der Waals surface area contributed by atoms with Gasteiger partial charge in [-0.05, 0) is 50.9 Å². The molecule has 1 heterocycles. The van der Waals surface area contributed by atoms with Crippen molar-refractivity contribution in [2.75, 3.05) is 19.6 Å². The minimum Gasteiger partial charge on any atom is -0.317 e. The average molecular weight is 376 g/mol. The Balaban J connectivity index is 2.52. The van der Waals surface area contributed by atoms with Crippen molar-refractivity contribution in [3.63, 3.8) is 0 Å². The van der Waals surface area contributed by atoms with E-state index >= 15 is 0 Å². The molecule has 1 aromatic carbocycles. The zero-order valence-corrected chi connectivity index (χ0v) is 15.4. The van der Waals surface area contributed by atoms with Gasteiger partial charge in [0.15, 0.2) is 0 Å². The standard InChI is InChI=1S/C15H22ClN3O4S/c1-3-8-18(12-4-6-17-7-5-12)24(22,23)14-10-11(2)9-13(15(14)16)19(20)21/h9-10,12,17H,3-8H2,1-2H3. The summed E-state index contributed by atoms with van der Waals surface area (Å²) in [5.74, 6) is 0. The lowest BCUT2D eigenvalue weighted by atomic mass is 10.1. The summed E-state index contributed by atoms with van der Waals surface area (Å²) >= 11 is 6.08. The van der Waals surface area contributed by atoms with Gasteiger partial charge in [-0.25, -0.2) is 8.42 Å². The molecule has 1 saturated heterocycles. The van der Waals surface area contributed by atoms with Gasteiger partial charge in [-0.15, -0.1) is 0 Å². The Bertz CT molecular complexity index is 718. The van der Waals surface area contributed by atoms with Crippen LogP contribution in [0.25, 0.3) is 0 Å². The van der Waals surface area contributed by atoms with Crippen LogP contribution >= 0.6 is 11.6 Å². The fraction of sp³-hybridized carbons (Fsp3) is 0.600. The molecule has 0 bridgehead atoms. The molecule has 1 N–H and O–H groups in total. The molecular formula is C15H22ClN3O4S. The van der Waals surface area contributed by atoms with Crippen molar-refractivity contribution >= 4 is 27.3 Å². The van der Waals surface area contributed by atoms with Crippen molar-refractivity contribution in [1.29, 1.82) is 0 Å². The van der Waals surface area contributed by atoms with Crippen molar-refractivity contribution in [3.05, 3.63) is 32.8 Å². The summed E-state index contributed by atoms with van der Waals surface area (Å²) in [5, 5.41) is 14.0. The summed E-state index contributed by atoms with van der Waals surface area (Å²) in [7, 11) is -3.90. The largest absolute Gasteiger partial charge is 0.317 e. The second kappa shape index (κ2) is 7.77. The van der Waals surface area contributed by atoms with Crippen LogP contribution in [0.4, 0.5) is 5.69 Å². The highest BCUT2D eigenvalue weighted by Gasteiger charge is 2.35. The monoisotopic (exact) mass is 375 g/mol. The van der Waals surface area contributed by atoms with E-state index in [4.69, 9.17) is 11.6 Å². The molecule has 7 nitrogen and oxygen atoms in total. The van der Waals surface area contributed by atoms with Gasteiger partial charge in [0, 0.05) is 18.7 Å². The van der Waals surface area contributed by atoms with Gasteiger partial charge in [0.05, 0.1) is 4.92 Å². The second-order valence-electron chi connectivity index (χ2n) is 5.95. The van der Waals surface area contributed by atoms with Crippen LogP contribution < -0.4 is 5.32 Å². The van der Waals surface area contributed by atoms with Gasteiger partial charge in [-0.1, -0.05) is 18.5 Å². The minimum atomic E-state index is -3.90. The number of aryl methyl sites for hydroxylation is 1. The predicted octanol–water partition coefficient (Wildman–Crippen LogP) is 2.71. The van der Waals surface area contributed by atoms with Gasteiger partial charge < -0.3 is 5.32 Å². The van der Waals surface area contributed by atoms with Gasteiger partial charge in [-0.3, -0.25) is 10.1 Å². The van der Waals surface area contributed by atoms with Crippen molar-refractivity contribution in [1.82, 2.24) is 9.62 Å². The number of nitrogens with zero attached hydrogens (tertiary/aromatic N) is 2. The Labute approximate surface area is 147 Å². The lowest BCUT2D eigenvalue weighted by Gasteiger charge is -2.33. The summed E-state index contributed by atoms with van der Waals surface area (Å²) in [6.45, 7) is 5.40. The Morgan fingerprint density at radius 2 is 2.00 bits per heavy atom. The number of nitrogens with one attached hydrogen (secondary N) is 1. The van der Waals surface area contributed by atoms with Crippen molar-refractivity contribution in [2.24, 2.45) is 0 Å². The molecule has 0 radical (unpaired) electrons. The lowest BCUT2D eigenvalue weighted by molar-refractivity contribution is -0.385. The highest BCUT2D eigenvalue weighted by molar-refractivity contribution is 7.89. The van der Waals surface area contributed by atoms with Crippen LogP contribution in [-0.2, 0) is 10.0 Å². The van der Waals surface area contributed by atoms with E-state index in [1.54, 1.807) is 6.92 Å². The number of sulfonamides is 1. The molecular weight excluding hydrogens is 354 g/mol. The maximum Gasteiger partial charge on any atom is 0.289 e. The smallest absolute Gasteiger partial charge is 0.289 e. The summed E-state index contributed by atoms with van der Waals surface area (Å²) in [6, 6.07) is 2.58. The topological polar surface area (TPSA) is 92.6 Å². The molecule has 1 aliphatic rings. The van der Waals surface area contributed by atoms with Crippen LogP contribution in [-0.4, -0.2) is 43.3 Å². The first-order valence-electron chi connectivity index (χ1n) is 7.96. The number of halogens is 1. The van der Waals surface area contributed by atoms with E-state index < -0.39 is 14.9 Å². The highest BCUT2D eigenvalue weighted by Crippen LogP contribution is 2.35. The Kier molecular flexibility index (Phi) is 6.19. The highest BCUT2D eigenvalue weighted by atomic mass is 35.5. The van der Waals surface area contributed by atoms with Crippen LogP contribution in [0.1, 0.15) is 31.7 Å². The zero-order valence-electron chi connectivity index (χ0n) is 13.8. The number of rotatable bonds is 6. The van der Waals surface area contributed by atoms with Gasteiger partial charge in [0.25, 0.3) is 5.69 Å². The molecule has 0 atom stereocenters. The van der Waals surface area contributed by atoms with Gasteiger partial charge in [-0.2, -0.15) is 4.31 Å². The predicted molar refractivity (Wildman–Crippen MR) is 92.9 cm³/mol. The first-order chi connectivity index (χ1) is 11.3. The SMILES string of the molecule is CCCN(C1CCNCC1)S(=O)(=O)c1cc(C)cc([N+](=O)[O-])c1Cl. The molecule has 2 rings (SSSR count). The normalized spacial score (nSPS) is 16.5. The molecule has 0 amide bonds. The summed E-state index contributed by atoms with van der Waals surface area (Å²) < 4.78 is 27.8.